The molecule has 82 valence electrons. The highest BCUT2D eigenvalue weighted by Crippen LogP contribution is 2.31. The first-order valence-electron chi connectivity index (χ1n) is 6.14. The summed E-state index contributed by atoms with van der Waals surface area (Å²) in [6.45, 7) is 5.17. The number of aliphatic hydroxyl groups excluding tert-OH is 1. The molecule has 0 radical (unpaired) electrons. The summed E-state index contributed by atoms with van der Waals surface area (Å²) in [6, 6.07) is 0.833. The SMILES string of the molecule is C[C@@H]1CC[C@@H](N2CCC[C@H](CO)C2)C1. The molecule has 0 aromatic heterocycles. The van der Waals surface area contributed by atoms with Gasteiger partial charge < -0.3 is 10.0 Å². The van der Waals surface area contributed by atoms with Crippen LogP contribution < -0.4 is 0 Å². The molecular formula is C12H23NO. The van der Waals surface area contributed by atoms with Crippen molar-refractivity contribution in [2.75, 3.05) is 19.7 Å². The van der Waals surface area contributed by atoms with E-state index < -0.39 is 0 Å². The fourth-order valence-corrected chi connectivity index (χ4v) is 3.09. The third-order valence-corrected chi connectivity index (χ3v) is 3.99. The third-order valence-electron chi connectivity index (χ3n) is 3.99. The van der Waals surface area contributed by atoms with Crippen LogP contribution in [0.25, 0.3) is 0 Å². The van der Waals surface area contributed by atoms with Crippen molar-refractivity contribution in [1.82, 2.24) is 4.90 Å². The predicted octanol–water partition coefficient (Wildman–Crippen LogP) is 1.88. The van der Waals surface area contributed by atoms with Crippen LogP contribution in [0, 0.1) is 11.8 Å². The van der Waals surface area contributed by atoms with Gasteiger partial charge in [-0.3, -0.25) is 0 Å². The summed E-state index contributed by atoms with van der Waals surface area (Å²) in [5.74, 6) is 1.48. The molecule has 14 heavy (non-hydrogen) atoms. The smallest absolute Gasteiger partial charge is 0.0471 e. The van der Waals surface area contributed by atoms with Crippen LogP contribution in [0.5, 0.6) is 0 Å². The molecule has 1 N–H and O–H groups in total. The molecule has 1 saturated carbocycles. The topological polar surface area (TPSA) is 23.5 Å². The second-order valence-electron chi connectivity index (χ2n) is 5.26. The molecule has 1 aliphatic heterocycles. The van der Waals surface area contributed by atoms with Crippen LogP contribution in [0.2, 0.25) is 0 Å². The summed E-state index contributed by atoms with van der Waals surface area (Å²) in [4.78, 5) is 2.63. The molecule has 0 aromatic rings. The van der Waals surface area contributed by atoms with Gasteiger partial charge >= 0.3 is 0 Å². The van der Waals surface area contributed by atoms with Crippen LogP contribution in [0.1, 0.15) is 39.0 Å². The van der Waals surface area contributed by atoms with Crippen molar-refractivity contribution in [2.24, 2.45) is 11.8 Å². The standard InChI is InChI=1S/C12H23NO/c1-10-4-5-12(7-10)13-6-2-3-11(8-13)9-14/h10-12,14H,2-9H2,1H3/t10-,11+,12-/m1/s1. The zero-order valence-corrected chi connectivity index (χ0v) is 9.28. The Kier molecular flexibility index (Phi) is 3.45. The minimum atomic E-state index is 0.388. The van der Waals surface area contributed by atoms with Crippen LogP contribution in [-0.2, 0) is 0 Å². The van der Waals surface area contributed by atoms with Gasteiger partial charge in [0.2, 0.25) is 0 Å². The predicted molar refractivity (Wildman–Crippen MR) is 58.2 cm³/mol. The van der Waals surface area contributed by atoms with Crippen molar-refractivity contribution in [3.8, 4) is 0 Å². The molecule has 0 unspecified atom stereocenters. The first-order valence-corrected chi connectivity index (χ1v) is 6.14. The number of hydrogen-bond donors (Lipinski definition) is 1. The Labute approximate surface area is 87.3 Å². The summed E-state index contributed by atoms with van der Waals surface area (Å²) in [5, 5.41) is 9.18. The Morgan fingerprint density at radius 3 is 2.79 bits per heavy atom. The highest BCUT2D eigenvalue weighted by molar-refractivity contribution is 4.84. The van der Waals surface area contributed by atoms with E-state index in [9.17, 15) is 5.11 Å². The van der Waals surface area contributed by atoms with Gasteiger partial charge in [0.1, 0.15) is 0 Å². The maximum Gasteiger partial charge on any atom is 0.0471 e. The quantitative estimate of drug-likeness (QED) is 0.730. The van der Waals surface area contributed by atoms with Gasteiger partial charge in [-0.1, -0.05) is 6.92 Å². The Morgan fingerprint density at radius 2 is 2.14 bits per heavy atom. The summed E-state index contributed by atoms with van der Waals surface area (Å²) >= 11 is 0. The van der Waals surface area contributed by atoms with Crippen molar-refractivity contribution in [3.63, 3.8) is 0 Å². The molecular weight excluding hydrogens is 174 g/mol. The van der Waals surface area contributed by atoms with E-state index in [2.05, 4.69) is 11.8 Å². The molecule has 0 bridgehead atoms. The number of likely N-dealkylation sites (tertiary alicyclic amines) is 1. The number of aliphatic hydroxyl groups is 1. The summed E-state index contributed by atoms with van der Waals surface area (Å²) in [5.41, 5.74) is 0. The highest BCUT2D eigenvalue weighted by atomic mass is 16.3. The van der Waals surface area contributed by atoms with Crippen LogP contribution in [0.3, 0.4) is 0 Å². The van der Waals surface area contributed by atoms with E-state index in [1.807, 2.05) is 0 Å². The van der Waals surface area contributed by atoms with E-state index in [0.29, 0.717) is 12.5 Å². The summed E-state index contributed by atoms with van der Waals surface area (Å²) in [6.07, 6.45) is 6.70. The van der Waals surface area contributed by atoms with Crippen LogP contribution in [0.4, 0.5) is 0 Å². The van der Waals surface area contributed by atoms with E-state index >= 15 is 0 Å². The first-order chi connectivity index (χ1) is 6.79. The normalized spacial score (nSPS) is 40.3. The highest BCUT2D eigenvalue weighted by Gasteiger charge is 2.30. The lowest BCUT2D eigenvalue weighted by Crippen LogP contribution is -2.42. The number of nitrogens with zero attached hydrogens (tertiary/aromatic N) is 1. The lowest BCUT2D eigenvalue weighted by molar-refractivity contribution is 0.0885. The molecule has 2 nitrogen and oxygen atoms in total. The van der Waals surface area contributed by atoms with Gasteiger partial charge in [0, 0.05) is 19.2 Å². The number of rotatable bonds is 2. The van der Waals surface area contributed by atoms with Crippen LogP contribution >= 0.6 is 0 Å². The Morgan fingerprint density at radius 1 is 1.29 bits per heavy atom. The van der Waals surface area contributed by atoms with E-state index in [1.165, 1.54) is 38.6 Å². The molecule has 2 fully saturated rings. The Balaban J connectivity index is 1.84. The van der Waals surface area contributed by atoms with Crippen molar-refractivity contribution < 1.29 is 5.11 Å². The monoisotopic (exact) mass is 197 g/mol. The fourth-order valence-electron chi connectivity index (χ4n) is 3.09. The second kappa shape index (κ2) is 4.63. The Bertz CT molecular complexity index is 183. The van der Waals surface area contributed by atoms with Gasteiger partial charge in [-0.05, 0) is 50.5 Å². The molecule has 1 saturated heterocycles. The minimum absolute atomic E-state index is 0.388. The average Bonchev–Trinajstić information content (AvgIpc) is 2.65. The maximum atomic E-state index is 9.18. The summed E-state index contributed by atoms with van der Waals surface area (Å²) in [7, 11) is 0. The minimum Gasteiger partial charge on any atom is -0.396 e. The fraction of sp³-hybridized carbons (Fsp3) is 1.00. The number of piperidine rings is 1. The van der Waals surface area contributed by atoms with Gasteiger partial charge in [-0.25, -0.2) is 0 Å². The van der Waals surface area contributed by atoms with Gasteiger partial charge in [-0.15, -0.1) is 0 Å². The molecule has 1 aliphatic carbocycles. The maximum absolute atomic E-state index is 9.18. The molecule has 1 heterocycles. The average molecular weight is 197 g/mol. The third kappa shape index (κ3) is 2.29. The van der Waals surface area contributed by atoms with Gasteiger partial charge in [0.25, 0.3) is 0 Å². The second-order valence-corrected chi connectivity index (χ2v) is 5.26. The largest absolute Gasteiger partial charge is 0.396 e. The lowest BCUT2D eigenvalue weighted by atomic mass is 9.97. The molecule has 2 heteroatoms. The van der Waals surface area contributed by atoms with E-state index in [0.717, 1.165) is 18.5 Å². The van der Waals surface area contributed by atoms with Crippen molar-refractivity contribution >= 4 is 0 Å². The molecule has 2 aliphatic rings. The van der Waals surface area contributed by atoms with E-state index in [-0.39, 0.29) is 0 Å². The Hall–Kier alpha value is -0.0800. The zero-order valence-electron chi connectivity index (χ0n) is 9.28. The van der Waals surface area contributed by atoms with Crippen molar-refractivity contribution in [3.05, 3.63) is 0 Å². The van der Waals surface area contributed by atoms with E-state index in [1.54, 1.807) is 0 Å². The first kappa shape index (κ1) is 10.4. The molecule has 3 atom stereocenters. The molecule has 0 amide bonds. The molecule has 0 aromatic carbocycles. The molecule has 2 rings (SSSR count). The summed E-state index contributed by atoms with van der Waals surface area (Å²) < 4.78 is 0. The molecule has 0 spiro atoms. The van der Waals surface area contributed by atoms with Crippen LogP contribution in [0.15, 0.2) is 0 Å². The van der Waals surface area contributed by atoms with Crippen molar-refractivity contribution in [2.45, 2.75) is 45.1 Å². The van der Waals surface area contributed by atoms with Crippen LogP contribution in [-0.4, -0.2) is 35.7 Å². The van der Waals surface area contributed by atoms with Gasteiger partial charge in [-0.2, -0.15) is 0 Å². The van der Waals surface area contributed by atoms with E-state index in [4.69, 9.17) is 0 Å². The van der Waals surface area contributed by atoms with Gasteiger partial charge in [0.05, 0.1) is 0 Å². The number of hydrogen-bond acceptors (Lipinski definition) is 2. The van der Waals surface area contributed by atoms with Gasteiger partial charge in [0.15, 0.2) is 0 Å². The van der Waals surface area contributed by atoms with Crippen molar-refractivity contribution in [1.29, 1.82) is 0 Å². The zero-order chi connectivity index (χ0) is 9.97. The lowest BCUT2D eigenvalue weighted by Gasteiger charge is -2.36.